The molecule has 3 atom stereocenters. The summed E-state index contributed by atoms with van der Waals surface area (Å²) < 4.78 is 0. The molecule has 1 heterocycles. The predicted molar refractivity (Wildman–Crippen MR) is 96.9 cm³/mol. The summed E-state index contributed by atoms with van der Waals surface area (Å²) in [7, 11) is 0. The Hall–Kier alpha value is -1.74. The van der Waals surface area contributed by atoms with Gasteiger partial charge in [-0.1, -0.05) is 18.2 Å². The molecule has 1 fully saturated rings. The van der Waals surface area contributed by atoms with Crippen LogP contribution in [0.1, 0.15) is 60.3 Å². The van der Waals surface area contributed by atoms with Crippen molar-refractivity contribution in [3.63, 3.8) is 0 Å². The average molecular weight is 321 g/mol. The highest BCUT2D eigenvalue weighted by atomic mass is 14.8. The van der Waals surface area contributed by atoms with Crippen molar-refractivity contribution in [2.45, 2.75) is 63.3 Å². The smallest absolute Gasteiger partial charge is 0.115 e. The molecule has 0 radical (unpaired) electrons. The van der Waals surface area contributed by atoms with Crippen LogP contribution in [0.5, 0.6) is 0 Å². The topological polar surface area (TPSA) is 51.8 Å². The Kier molecular flexibility index (Phi) is 4.61. The molecule has 3 nitrogen and oxygen atoms in total. The van der Waals surface area contributed by atoms with E-state index in [9.17, 15) is 0 Å². The number of aryl methyl sites for hydroxylation is 2. The van der Waals surface area contributed by atoms with Crippen LogP contribution < -0.4 is 5.73 Å². The molecule has 1 aromatic carbocycles. The molecule has 0 amide bonds. The molecule has 1 aromatic heterocycles. The molecule has 4 rings (SSSR count). The second-order valence-corrected chi connectivity index (χ2v) is 7.69. The highest BCUT2D eigenvalue weighted by Crippen LogP contribution is 2.36. The zero-order valence-electron chi connectivity index (χ0n) is 14.3. The largest absolute Gasteiger partial charge is 0.328 e. The molecule has 3 heteroatoms. The van der Waals surface area contributed by atoms with E-state index in [1.165, 1.54) is 56.1 Å². The van der Waals surface area contributed by atoms with Crippen molar-refractivity contribution < 1.29 is 0 Å². The summed E-state index contributed by atoms with van der Waals surface area (Å²) in [4.78, 5) is 8.23. The van der Waals surface area contributed by atoms with Crippen LogP contribution in [-0.4, -0.2) is 16.0 Å². The van der Waals surface area contributed by atoms with E-state index in [4.69, 9.17) is 5.73 Å². The predicted octanol–water partition coefficient (Wildman–Crippen LogP) is 3.81. The van der Waals surface area contributed by atoms with Gasteiger partial charge in [-0.2, -0.15) is 0 Å². The van der Waals surface area contributed by atoms with Crippen molar-refractivity contribution in [3.05, 3.63) is 59.2 Å². The fraction of sp³-hybridized carbons (Fsp3) is 0.524. The molecule has 2 aliphatic carbocycles. The van der Waals surface area contributed by atoms with Gasteiger partial charge in [0.15, 0.2) is 0 Å². The molecule has 2 unspecified atom stereocenters. The lowest BCUT2D eigenvalue weighted by Crippen LogP contribution is -2.16. The number of hydrogen-bond acceptors (Lipinski definition) is 3. The first kappa shape index (κ1) is 15.8. The van der Waals surface area contributed by atoms with E-state index >= 15 is 0 Å². The minimum absolute atomic E-state index is 0.414. The number of benzene rings is 1. The molecule has 126 valence electrons. The van der Waals surface area contributed by atoms with Crippen LogP contribution >= 0.6 is 0 Å². The second kappa shape index (κ2) is 7.02. The molecule has 1 saturated carbocycles. The average Bonchev–Trinajstić information content (AvgIpc) is 3.07. The molecule has 24 heavy (non-hydrogen) atoms. The molecule has 0 spiro atoms. The maximum absolute atomic E-state index is 6.09. The molecule has 0 saturated heterocycles. The summed E-state index contributed by atoms with van der Waals surface area (Å²) in [6.45, 7) is 0. The number of aromatic nitrogens is 2. The van der Waals surface area contributed by atoms with Gasteiger partial charge in [-0.3, -0.25) is 0 Å². The summed E-state index contributed by atoms with van der Waals surface area (Å²) in [6, 6.07) is 7.66. The van der Waals surface area contributed by atoms with E-state index in [0.29, 0.717) is 12.0 Å². The van der Waals surface area contributed by atoms with Crippen molar-refractivity contribution in [3.8, 4) is 0 Å². The maximum Gasteiger partial charge on any atom is 0.115 e. The van der Waals surface area contributed by atoms with Gasteiger partial charge in [0.25, 0.3) is 0 Å². The standard InChI is InChI=1S/C21H27N3/c22-21-8-7-20(11-21)19-6-5-17-9-15(3-4-18(17)10-19)1-2-16-12-23-14-24-13-16/h5-6,10,12-15,20-21H,1-4,7-9,11,22H2/t15-,20?,21?/m0/s1. The van der Waals surface area contributed by atoms with Crippen molar-refractivity contribution in [1.29, 1.82) is 0 Å². The van der Waals surface area contributed by atoms with Crippen molar-refractivity contribution in [1.82, 2.24) is 9.97 Å². The Balaban J connectivity index is 1.38. The van der Waals surface area contributed by atoms with Crippen LogP contribution in [0.2, 0.25) is 0 Å². The zero-order valence-corrected chi connectivity index (χ0v) is 14.3. The highest BCUT2D eigenvalue weighted by Gasteiger charge is 2.25. The lowest BCUT2D eigenvalue weighted by Gasteiger charge is -2.26. The van der Waals surface area contributed by atoms with Gasteiger partial charge in [0.1, 0.15) is 6.33 Å². The van der Waals surface area contributed by atoms with E-state index < -0.39 is 0 Å². The monoisotopic (exact) mass is 321 g/mol. The molecule has 2 aliphatic rings. The minimum atomic E-state index is 0.414. The van der Waals surface area contributed by atoms with E-state index in [1.54, 1.807) is 17.5 Å². The van der Waals surface area contributed by atoms with Gasteiger partial charge in [-0.15, -0.1) is 0 Å². The summed E-state index contributed by atoms with van der Waals surface area (Å²) in [6.07, 6.45) is 15.2. The third-order valence-electron chi connectivity index (χ3n) is 5.96. The SMILES string of the molecule is NC1CCC(c2ccc3c(c2)CC[C@H](CCc2cncnc2)C3)C1. The van der Waals surface area contributed by atoms with Crippen LogP contribution in [-0.2, 0) is 19.3 Å². The number of fused-ring (bicyclic) bond motifs is 1. The first-order valence-corrected chi connectivity index (χ1v) is 9.39. The van der Waals surface area contributed by atoms with Gasteiger partial charge >= 0.3 is 0 Å². The normalized spacial score (nSPS) is 26.3. The molecular weight excluding hydrogens is 294 g/mol. The quantitative estimate of drug-likeness (QED) is 0.931. The molecule has 2 N–H and O–H groups in total. The third kappa shape index (κ3) is 3.51. The lowest BCUT2D eigenvalue weighted by atomic mass is 9.79. The zero-order chi connectivity index (χ0) is 16.4. The van der Waals surface area contributed by atoms with Gasteiger partial charge in [0.2, 0.25) is 0 Å². The molecule has 0 aliphatic heterocycles. The molecule has 0 bridgehead atoms. The Labute approximate surface area is 144 Å². The summed E-state index contributed by atoms with van der Waals surface area (Å²) >= 11 is 0. The summed E-state index contributed by atoms with van der Waals surface area (Å²) in [5.74, 6) is 1.49. The van der Waals surface area contributed by atoms with Crippen LogP contribution in [0.3, 0.4) is 0 Å². The van der Waals surface area contributed by atoms with Gasteiger partial charge in [-0.05, 0) is 85.5 Å². The number of rotatable bonds is 4. The van der Waals surface area contributed by atoms with E-state index in [1.807, 2.05) is 12.4 Å². The second-order valence-electron chi connectivity index (χ2n) is 7.69. The van der Waals surface area contributed by atoms with Gasteiger partial charge in [-0.25, -0.2) is 9.97 Å². The lowest BCUT2D eigenvalue weighted by molar-refractivity contribution is 0.426. The van der Waals surface area contributed by atoms with Crippen LogP contribution in [0, 0.1) is 5.92 Å². The Morgan fingerprint density at radius 3 is 2.71 bits per heavy atom. The first-order chi connectivity index (χ1) is 11.8. The van der Waals surface area contributed by atoms with Crippen LogP contribution in [0.4, 0.5) is 0 Å². The highest BCUT2D eigenvalue weighted by molar-refractivity contribution is 5.36. The van der Waals surface area contributed by atoms with Gasteiger partial charge in [0.05, 0.1) is 0 Å². The van der Waals surface area contributed by atoms with Gasteiger partial charge in [0, 0.05) is 18.4 Å². The Bertz CT molecular complexity index is 683. The van der Waals surface area contributed by atoms with E-state index in [2.05, 4.69) is 28.2 Å². The number of nitrogens with zero attached hydrogens (tertiary/aromatic N) is 2. The minimum Gasteiger partial charge on any atom is -0.328 e. The number of hydrogen-bond donors (Lipinski definition) is 1. The molecule has 2 aromatic rings. The van der Waals surface area contributed by atoms with Crippen LogP contribution in [0.25, 0.3) is 0 Å². The Morgan fingerprint density at radius 2 is 1.92 bits per heavy atom. The fourth-order valence-corrected chi connectivity index (χ4v) is 4.50. The molecular formula is C21H27N3. The Morgan fingerprint density at radius 1 is 1.04 bits per heavy atom. The summed E-state index contributed by atoms with van der Waals surface area (Å²) in [5, 5.41) is 0. The fourth-order valence-electron chi connectivity index (χ4n) is 4.50. The maximum atomic E-state index is 6.09. The summed E-state index contributed by atoms with van der Waals surface area (Å²) in [5.41, 5.74) is 12.0. The van der Waals surface area contributed by atoms with Crippen molar-refractivity contribution in [2.24, 2.45) is 11.7 Å². The van der Waals surface area contributed by atoms with Crippen molar-refractivity contribution >= 4 is 0 Å². The van der Waals surface area contributed by atoms with Crippen molar-refractivity contribution in [2.75, 3.05) is 0 Å². The first-order valence-electron chi connectivity index (χ1n) is 9.39. The number of nitrogens with two attached hydrogens (primary N) is 1. The van der Waals surface area contributed by atoms with Gasteiger partial charge < -0.3 is 5.73 Å². The van der Waals surface area contributed by atoms with E-state index in [0.717, 1.165) is 12.3 Å². The van der Waals surface area contributed by atoms with Crippen LogP contribution in [0.15, 0.2) is 36.9 Å². The van der Waals surface area contributed by atoms with E-state index in [-0.39, 0.29) is 0 Å². The third-order valence-corrected chi connectivity index (χ3v) is 5.96.